The Balaban J connectivity index is 1.62. The van der Waals surface area contributed by atoms with E-state index >= 15 is 0 Å². The molecule has 2 rings (SSSR count). The van der Waals surface area contributed by atoms with Gasteiger partial charge in [-0.1, -0.05) is 28.9 Å². The first kappa shape index (κ1) is 22.1. The first-order chi connectivity index (χ1) is 13.0. The quantitative estimate of drug-likeness (QED) is 0.369. The van der Waals surface area contributed by atoms with E-state index in [2.05, 4.69) is 55.3 Å². The number of likely N-dealkylation sites (N-methyl/N-ethyl adjacent to an activating group) is 1. The smallest absolute Gasteiger partial charge is 0.190 e. The number of aryl methyl sites for hydroxylation is 1. The average Bonchev–Trinajstić information content (AvgIpc) is 2.64. The van der Waals surface area contributed by atoms with Crippen LogP contribution < -0.4 is 10.6 Å². The zero-order chi connectivity index (χ0) is 19.6. The van der Waals surface area contributed by atoms with E-state index < -0.39 is 0 Å². The molecule has 0 saturated carbocycles. The zero-order valence-corrected chi connectivity index (χ0v) is 18.4. The molecule has 1 aliphatic rings. The molecule has 2 N–H and O–H groups in total. The number of halogens is 2. The minimum Gasteiger partial charge on any atom is -0.356 e. The molecule has 27 heavy (non-hydrogen) atoms. The summed E-state index contributed by atoms with van der Waals surface area (Å²) in [5.74, 6) is 1.23. The Morgan fingerprint density at radius 1 is 1.26 bits per heavy atom. The maximum atomic E-state index is 13.8. The minimum atomic E-state index is -0.149. The van der Waals surface area contributed by atoms with Crippen molar-refractivity contribution in [3.8, 4) is 0 Å². The van der Waals surface area contributed by atoms with Crippen molar-refractivity contribution in [1.29, 1.82) is 0 Å². The van der Waals surface area contributed by atoms with Gasteiger partial charge in [0.25, 0.3) is 0 Å². The predicted octanol–water partition coefficient (Wildman–Crippen LogP) is 2.57. The summed E-state index contributed by atoms with van der Waals surface area (Å²) in [6, 6.07) is 5.24. The number of hydrogen-bond donors (Lipinski definition) is 2. The van der Waals surface area contributed by atoms with Crippen LogP contribution in [0.3, 0.4) is 0 Å². The predicted molar refractivity (Wildman–Crippen MR) is 115 cm³/mol. The van der Waals surface area contributed by atoms with Gasteiger partial charge in [-0.25, -0.2) is 4.39 Å². The fourth-order valence-electron chi connectivity index (χ4n) is 3.24. The molecule has 0 bridgehead atoms. The molecule has 0 aromatic heterocycles. The molecule has 152 valence electrons. The summed E-state index contributed by atoms with van der Waals surface area (Å²) < 4.78 is 14.6. The van der Waals surface area contributed by atoms with Crippen molar-refractivity contribution in [2.75, 3.05) is 59.9 Å². The average molecular weight is 442 g/mol. The van der Waals surface area contributed by atoms with Crippen LogP contribution in [-0.4, -0.2) is 75.7 Å². The number of rotatable bonds is 8. The number of nitrogens with one attached hydrogen (secondary N) is 2. The lowest BCUT2D eigenvalue weighted by Gasteiger charge is -2.34. The van der Waals surface area contributed by atoms with E-state index in [-0.39, 0.29) is 5.82 Å². The van der Waals surface area contributed by atoms with Crippen molar-refractivity contribution < 1.29 is 4.39 Å². The number of guanidine groups is 1. The molecule has 0 radical (unpaired) electrons. The largest absolute Gasteiger partial charge is 0.356 e. The molecule has 7 heteroatoms. The molecule has 1 saturated heterocycles. The standard InChI is InChI=1S/C20H33BrFN5/c1-16(15-27-11-9-26(3)10-12-27)14-25-20(23-2)24-8-4-5-17-6-7-18(21)13-19(17)22/h6-7,13,16H,4-5,8-12,14-15H2,1-3H3,(H2,23,24,25). The molecule has 1 heterocycles. The lowest BCUT2D eigenvalue weighted by atomic mass is 10.1. The van der Waals surface area contributed by atoms with Crippen molar-refractivity contribution in [2.24, 2.45) is 10.9 Å². The molecule has 1 aromatic rings. The van der Waals surface area contributed by atoms with E-state index in [0.717, 1.165) is 68.2 Å². The van der Waals surface area contributed by atoms with Crippen molar-refractivity contribution >= 4 is 21.9 Å². The van der Waals surface area contributed by atoms with E-state index in [0.29, 0.717) is 12.3 Å². The maximum Gasteiger partial charge on any atom is 0.190 e. The van der Waals surface area contributed by atoms with Gasteiger partial charge >= 0.3 is 0 Å². The lowest BCUT2D eigenvalue weighted by Crippen LogP contribution is -2.47. The normalized spacial score (nSPS) is 17.7. The topological polar surface area (TPSA) is 42.9 Å². The van der Waals surface area contributed by atoms with E-state index in [4.69, 9.17) is 0 Å². The van der Waals surface area contributed by atoms with E-state index in [9.17, 15) is 4.39 Å². The fourth-order valence-corrected chi connectivity index (χ4v) is 3.57. The fraction of sp³-hybridized carbons (Fsp3) is 0.650. The summed E-state index contributed by atoms with van der Waals surface area (Å²) in [4.78, 5) is 9.20. The van der Waals surface area contributed by atoms with Gasteiger partial charge in [0.15, 0.2) is 5.96 Å². The number of benzene rings is 1. The van der Waals surface area contributed by atoms with Crippen LogP contribution in [-0.2, 0) is 6.42 Å². The molecule has 0 aliphatic carbocycles. The number of piperazine rings is 1. The molecular formula is C20H33BrFN5. The molecule has 1 aromatic carbocycles. The third-order valence-electron chi connectivity index (χ3n) is 4.94. The van der Waals surface area contributed by atoms with Gasteiger partial charge in [0.2, 0.25) is 0 Å². The first-order valence-corrected chi connectivity index (χ1v) is 10.6. The van der Waals surface area contributed by atoms with Crippen LogP contribution >= 0.6 is 15.9 Å². The second kappa shape index (κ2) is 11.6. The molecule has 1 unspecified atom stereocenters. The van der Waals surface area contributed by atoms with Gasteiger partial charge < -0.3 is 20.4 Å². The van der Waals surface area contributed by atoms with Gasteiger partial charge in [0, 0.05) is 57.3 Å². The third kappa shape index (κ3) is 8.15. The highest BCUT2D eigenvalue weighted by molar-refractivity contribution is 9.10. The van der Waals surface area contributed by atoms with Crippen LogP contribution in [0.25, 0.3) is 0 Å². The van der Waals surface area contributed by atoms with Crippen molar-refractivity contribution in [3.05, 3.63) is 34.1 Å². The first-order valence-electron chi connectivity index (χ1n) is 9.77. The van der Waals surface area contributed by atoms with Crippen molar-refractivity contribution in [1.82, 2.24) is 20.4 Å². The Hall–Kier alpha value is -1.18. The lowest BCUT2D eigenvalue weighted by molar-refractivity contribution is 0.139. The maximum absolute atomic E-state index is 13.8. The third-order valence-corrected chi connectivity index (χ3v) is 5.43. The molecule has 0 spiro atoms. The Morgan fingerprint density at radius 2 is 2.00 bits per heavy atom. The second-order valence-electron chi connectivity index (χ2n) is 7.43. The van der Waals surface area contributed by atoms with Crippen LogP contribution in [0.15, 0.2) is 27.7 Å². The van der Waals surface area contributed by atoms with Gasteiger partial charge in [0.1, 0.15) is 5.82 Å². The summed E-state index contributed by atoms with van der Waals surface area (Å²) in [7, 11) is 3.97. The summed E-state index contributed by atoms with van der Waals surface area (Å²) >= 11 is 3.29. The van der Waals surface area contributed by atoms with Crippen molar-refractivity contribution in [2.45, 2.75) is 19.8 Å². The van der Waals surface area contributed by atoms with E-state index in [1.807, 2.05) is 12.1 Å². The van der Waals surface area contributed by atoms with Gasteiger partial charge in [-0.05, 0) is 43.5 Å². The molecular weight excluding hydrogens is 409 g/mol. The Labute approximate surface area is 171 Å². The zero-order valence-electron chi connectivity index (χ0n) is 16.8. The van der Waals surface area contributed by atoms with Gasteiger partial charge in [-0.15, -0.1) is 0 Å². The number of nitrogens with zero attached hydrogens (tertiary/aromatic N) is 3. The Morgan fingerprint density at radius 3 is 2.67 bits per heavy atom. The molecule has 5 nitrogen and oxygen atoms in total. The molecule has 0 amide bonds. The second-order valence-corrected chi connectivity index (χ2v) is 8.34. The van der Waals surface area contributed by atoms with Gasteiger partial charge in [-0.2, -0.15) is 0 Å². The monoisotopic (exact) mass is 441 g/mol. The van der Waals surface area contributed by atoms with Crippen LogP contribution in [0.2, 0.25) is 0 Å². The van der Waals surface area contributed by atoms with E-state index in [1.165, 1.54) is 6.07 Å². The van der Waals surface area contributed by atoms with Crippen LogP contribution in [0.5, 0.6) is 0 Å². The molecule has 1 fully saturated rings. The van der Waals surface area contributed by atoms with Gasteiger partial charge in [0.05, 0.1) is 0 Å². The van der Waals surface area contributed by atoms with E-state index in [1.54, 1.807) is 7.05 Å². The summed E-state index contributed by atoms with van der Waals surface area (Å²) in [6.45, 7) is 9.66. The van der Waals surface area contributed by atoms with Crippen molar-refractivity contribution in [3.63, 3.8) is 0 Å². The number of hydrogen-bond acceptors (Lipinski definition) is 3. The molecule has 1 atom stereocenters. The highest BCUT2D eigenvalue weighted by atomic mass is 79.9. The van der Waals surface area contributed by atoms with Crippen LogP contribution in [0.1, 0.15) is 18.9 Å². The highest BCUT2D eigenvalue weighted by Gasteiger charge is 2.16. The SMILES string of the molecule is CN=C(NCCCc1ccc(Br)cc1F)NCC(C)CN1CCN(C)CC1. The summed E-state index contributed by atoms with van der Waals surface area (Å²) in [6.07, 6.45) is 1.57. The number of aliphatic imine (C=N–C) groups is 1. The van der Waals surface area contributed by atoms with Crippen LogP contribution in [0, 0.1) is 11.7 Å². The minimum absolute atomic E-state index is 0.149. The van der Waals surface area contributed by atoms with Gasteiger partial charge in [-0.3, -0.25) is 4.99 Å². The Bertz CT molecular complexity index is 602. The highest BCUT2D eigenvalue weighted by Crippen LogP contribution is 2.16. The van der Waals surface area contributed by atoms with Crippen LogP contribution in [0.4, 0.5) is 4.39 Å². The molecule has 1 aliphatic heterocycles. The summed E-state index contributed by atoms with van der Waals surface area (Å²) in [5.41, 5.74) is 0.753. The summed E-state index contributed by atoms with van der Waals surface area (Å²) in [5, 5.41) is 6.73. The Kier molecular flexibility index (Phi) is 9.51.